The Bertz CT molecular complexity index is 916. The second-order valence-corrected chi connectivity index (χ2v) is 6.39. The second-order valence-electron chi connectivity index (χ2n) is 5.99. The van der Waals surface area contributed by atoms with Gasteiger partial charge in [-0.1, -0.05) is 35.0 Å². The van der Waals surface area contributed by atoms with Crippen LogP contribution in [0.3, 0.4) is 0 Å². The number of rotatable bonds is 5. The summed E-state index contributed by atoms with van der Waals surface area (Å²) in [7, 11) is 0. The molecular weight excluding hydrogens is 375 g/mol. The predicted molar refractivity (Wildman–Crippen MR) is 98.2 cm³/mol. The van der Waals surface area contributed by atoms with Gasteiger partial charge in [0.05, 0.1) is 16.4 Å². The van der Waals surface area contributed by atoms with Gasteiger partial charge in [0.2, 0.25) is 6.10 Å². The number of nitrogens with zero attached hydrogens (tertiary/aromatic N) is 1. The number of aryl methyl sites for hydroxylation is 1. The van der Waals surface area contributed by atoms with Crippen molar-refractivity contribution < 1.29 is 23.6 Å². The molecule has 1 amide bonds. The summed E-state index contributed by atoms with van der Waals surface area (Å²) in [6.07, 6.45) is -0.840. The summed E-state index contributed by atoms with van der Waals surface area (Å²) < 4.78 is 18.2. The van der Waals surface area contributed by atoms with Gasteiger partial charge in [0.25, 0.3) is 5.91 Å². The molecule has 140 valence electrons. The smallest absolute Gasteiger partial charge is 0.351 e. The summed E-state index contributed by atoms with van der Waals surface area (Å²) in [4.78, 5) is 29.0. The van der Waals surface area contributed by atoms with Crippen molar-refractivity contribution in [1.29, 1.82) is 0 Å². The zero-order valence-corrected chi connectivity index (χ0v) is 15.1. The van der Waals surface area contributed by atoms with Gasteiger partial charge in [0.1, 0.15) is 5.82 Å². The molecule has 8 heteroatoms. The molecule has 0 spiro atoms. The SMILES string of the molecule is Cc1ccc(NC(=O)COC(=O)C2CC(c3cccc(F)c3)=NO2)c(Cl)c1. The predicted octanol–water partition coefficient (Wildman–Crippen LogP) is 3.46. The summed E-state index contributed by atoms with van der Waals surface area (Å²) in [5.41, 5.74) is 2.35. The van der Waals surface area contributed by atoms with Gasteiger partial charge in [0.15, 0.2) is 6.61 Å². The van der Waals surface area contributed by atoms with Crippen LogP contribution >= 0.6 is 11.6 Å². The van der Waals surface area contributed by atoms with Crippen molar-refractivity contribution >= 4 is 34.9 Å². The highest BCUT2D eigenvalue weighted by molar-refractivity contribution is 6.33. The maximum absolute atomic E-state index is 13.3. The van der Waals surface area contributed by atoms with Crippen LogP contribution in [0.1, 0.15) is 17.5 Å². The lowest BCUT2D eigenvalue weighted by atomic mass is 10.1. The molecule has 1 unspecified atom stereocenters. The lowest BCUT2D eigenvalue weighted by molar-refractivity contribution is -0.157. The Hall–Kier alpha value is -2.93. The van der Waals surface area contributed by atoms with E-state index in [4.69, 9.17) is 21.2 Å². The number of esters is 1. The van der Waals surface area contributed by atoms with Gasteiger partial charge in [-0.15, -0.1) is 0 Å². The Kier molecular flexibility index (Phi) is 5.71. The fourth-order valence-corrected chi connectivity index (χ4v) is 2.76. The summed E-state index contributed by atoms with van der Waals surface area (Å²) in [6, 6.07) is 11.0. The standard InChI is InChI=1S/C19H16ClFN2O4/c1-11-5-6-15(14(20)7-11)22-18(24)10-26-19(25)17-9-16(23-27-17)12-3-2-4-13(21)8-12/h2-8,17H,9-10H2,1H3,(H,22,24). The molecule has 0 fully saturated rings. The average molecular weight is 391 g/mol. The molecule has 1 aliphatic heterocycles. The molecule has 0 saturated heterocycles. The third-order valence-electron chi connectivity index (χ3n) is 3.83. The number of oxime groups is 1. The van der Waals surface area contributed by atoms with E-state index in [0.29, 0.717) is 22.0 Å². The van der Waals surface area contributed by atoms with E-state index in [1.807, 2.05) is 6.92 Å². The first kappa shape index (κ1) is 18.8. The lowest BCUT2D eigenvalue weighted by Gasteiger charge is -2.10. The van der Waals surface area contributed by atoms with Gasteiger partial charge in [-0.2, -0.15) is 0 Å². The summed E-state index contributed by atoms with van der Waals surface area (Å²) in [6.45, 7) is 1.39. The van der Waals surface area contributed by atoms with Crippen LogP contribution in [0.4, 0.5) is 10.1 Å². The van der Waals surface area contributed by atoms with E-state index >= 15 is 0 Å². The van der Waals surface area contributed by atoms with Gasteiger partial charge in [-0.3, -0.25) is 4.79 Å². The van der Waals surface area contributed by atoms with Crippen molar-refractivity contribution in [1.82, 2.24) is 0 Å². The molecule has 0 radical (unpaired) electrons. The van der Waals surface area contributed by atoms with Gasteiger partial charge in [-0.05, 0) is 36.8 Å². The van der Waals surface area contributed by atoms with Gasteiger partial charge >= 0.3 is 5.97 Å². The highest BCUT2D eigenvalue weighted by atomic mass is 35.5. The third kappa shape index (κ3) is 4.83. The topological polar surface area (TPSA) is 77.0 Å². The highest BCUT2D eigenvalue weighted by Crippen LogP contribution is 2.23. The third-order valence-corrected chi connectivity index (χ3v) is 4.15. The maximum Gasteiger partial charge on any atom is 0.351 e. The zero-order chi connectivity index (χ0) is 19.4. The number of carbonyl (C=O) groups is 2. The number of nitrogens with one attached hydrogen (secondary N) is 1. The van der Waals surface area contributed by atoms with E-state index in [0.717, 1.165) is 5.56 Å². The first-order valence-electron chi connectivity index (χ1n) is 8.13. The van der Waals surface area contributed by atoms with Crippen LogP contribution < -0.4 is 5.32 Å². The van der Waals surface area contributed by atoms with Crippen LogP contribution in [0, 0.1) is 12.7 Å². The fourth-order valence-electron chi connectivity index (χ4n) is 2.48. The molecule has 0 saturated carbocycles. The normalized spacial score (nSPS) is 15.7. The van der Waals surface area contributed by atoms with Crippen molar-refractivity contribution in [2.45, 2.75) is 19.4 Å². The molecule has 3 rings (SSSR count). The summed E-state index contributed by atoms with van der Waals surface area (Å²) in [5, 5.41) is 6.75. The number of halogens is 2. The van der Waals surface area contributed by atoms with E-state index in [-0.39, 0.29) is 6.42 Å². The lowest BCUT2D eigenvalue weighted by Crippen LogP contribution is -2.28. The van der Waals surface area contributed by atoms with E-state index in [2.05, 4.69) is 10.5 Å². The molecule has 1 aliphatic rings. The van der Waals surface area contributed by atoms with E-state index in [9.17, 15) is 14.0 Å². The largest absolute Gasteiger partial charge is 0.453 e. The van der Waals surface area contributed by atoms with E-state index < -0.39 is 30.4 Å². The molecule has 1 N–H and O–H groups in total. The van der Waals surface area contributed by atoms with Crippen LogP contribution in [-0.2, 0) is 19.2 Å². The van der Waals surface area contributed by atoms with E-state index in [1.54, 1.807) is 30.3 Å². The first-order chi connectivity index (χ1) is 12.9. The number of hydrogen-bond acceptors (Lipinski definition) is 5. The maximum atomic E-state index is 13.3. The summed E-state index contributed by atoms with van der Waals surface area (Å²) >= 11 is 6.04. The number of carbonyl (C=O) groups excluding carboxylic acids is 2. The number of amides is 1. The molecule has 0 bridgehead atoms. The Labute approximate surface area is 159 Å². The minimum absolute atomic E-state index is 0.133. The molecule has 1 atom stereocenters. The quantitative estimate of drug-likeness (QED) is 0.793. The number of benzene rings is 2. The number of anilines is 1. The Morgan fingerprint density at radius 3 is 2.89 bits per heavy atom. The Balaban J connectivity index is 1.49. The van der Waals surface area contributed by atoms with Crippen LogP contribution in [0.2, 0.25) is 5.02 Å². The van der Waals surface area contributed by atoms with Gasteiger partial charge in [0, 0.05) is 12.0 Å². The Morgan fingerprint density at radius 2 is 2.15 bits per heavy atom. The minimum atomic E-state index is -0.973. The fraction of sp³-hybridized carbons (Fsp3) is 0.211. The van der Waals surface area contributed by atoms with Crippen LogP contribution in [0.5, 0.6) is 0 Å². The van der Waals surface area contributed by atoms with Gasteiger partial charge in [-0.25, -0.2) is 9.18 Å². The minimum Gasteiger partial charge on any atom is -0.453 e. The molecule has 27 heavy (non-hydrogen) atoms. The van der Waals surface area contributed by atoms with Crippen molar-refractivity contribution in [3.8, 4) is 0 Å². The molecule has 1 heterocycles. The molecule has 2 aromatic rings. The first-order valence-corrected chi connectivity index (χ1v) is 8.51. The van der Waals surface area contributed by atoms with Crippen molar-refractivity contribution in [3.63, 3.8) is 0 Å². The van der Waals surface area contributed by atoms with Crippen molar-refractivity contribution in [2.24, 2.45) is 5.16 Å². The van der Waals surface area contributed by atoms with Crippen molar-refractivity contribution in [2.75, 3.05) is 11.9 Å². The molecule has 2 aromatic carbocycles. The number of hydrogen-bond donors (Lipinski definition) is 1. The highest BCUT2D eigenvalue weighted by Gasteiger charge is 2.30. The second kappa shape index (κ2) is 8.18. The molecule has 0 aromatic heterocycles. The summed E-state index contributed by atoms with van der Waals surface area (Å²) in [5.74, 6) is -1.67. The van der Waals surface area contributed by atoms with Crippen LogP contribution in [0.25, 0.3) is 0 Å². The molecule has 0 aliphatic carbocycles. The van der Waals surface area contributed by atoms with Crippen LogP contribution in [-0.4, -0.2) is 30.3 Å². The average Bonchev–Trinajstić information content (AvgIpc) is 3.12. The van der Waals surface area contributed by atoms with Crippen LogP contribution in [0.15, 0.2) is 47.6 Å². The number of ether oxygens (including phenoxy) is 1. The Morgan fingerprint density at radius 1 is 1.33 bits per heavy atom. The van der Waals surface area contributed by atoms with E-state index in [1.165, 1.54) is 12.1 Å². The monoisotopic (exact) mass is 390 g/mol. The van der Waals surface area contributed by atoms with Crippen molar-refractivity contribution in [3.05, 3.63) is 64.4 Å². The molecular formula is C19H16ClFN2O4. The zero-order valence-electron chi connectivity index (χ0n) is 14.4. The molecule has 6 nitrogen and oxygen atoms in total. The van der Waals surface area contributed by atoms with Gasteiger partial charge < -0.3 is 14.9 Å².